The topological polar surface area (TPSA) is 51.4 Å². The lowest BCUT2D eigenvalue weighted by molar-refractivity contribution is 0.483. The molecule has 0 fully saturated rings. The normalized spacial score (nSPS) is 13.5. The highest BCUT2D eigenvalue weighted by atomic mass is 16.5. The van der Waals surface area contributed by atoms with Gasteiger partial charge < -0.3 is 19.1 Å². The molecule has 9 aromatic carbocycles. The number of benzene rings is 9. The van der Waals surface area contributed by atoms with Gasteiger partial charge >= 0.3 is 0 Å². The molecule has 0 atom stereocenters. The Hall–Kier alpha value is -9.20. The van der Waals surface area contributed by atoms with E-state index in [9.17, 15) is 0 Å². The Morgan fingerprint density at radius 2 is 1.17 bits per heavy atom. The Bertz CT molecular complexity index is 4380. The lowest BCUT2D eigenvalue weighted by Crippen LogP contribution is -2.24. The van der Waals surface area contributed by atoms with Crippen LogP contribution in [0.15, 0.2) is 212 Å². The molecule has 7 heteroatoms. The number of nitrogens with zero attached hydrogens (tertiary/aromatic N) is 6. The van der Waals surface area contributed by atoms with Crippen molar-refractivity contribution in [2.45, 2.75) is 91.5 Å². The number of imidazole rings is 1. The zero-order valence-corrected chi connectivity index (χ0v) is 48.0. The van der Waals surface area contributed by atoms with Gasteiger partial charge in [-0.15, -0.1) is 0 Å². The zero-order chi connectivity index (χ0) is 55.8. The average molecular weight is 1070 g/mol. The van der Waals surface area contributed by atoms with E-state index < -0.39 is 0 Å². The second-order valence-electron chi connectivity index (χ2n) is 24.1. The van der Waals surface area contributed by atoms with E-state index in [0.29, 0.717) is 6.67 Å². The van der Waals surface area contributed by atoms with Crippen LogP contribution in [0.2, 0.25) is 0 Å². The summed E-state index contributed by atoms with van der Waals surface area (Å²) in [5.74, 6) is 4.15. The highest BCUT2D eigenvalue weighted by Gasteiger charge is 2.33. The number of para-hydroxylation sites is 1. The minimum atomic E-state index is -0.0438. The fraction of sp³-hybridized carbons (Fsp3) is 0.200. The number of aryl methyl sites for hydroxylation is 2. The number of ether oxygens (including phenoxy) is 1. The van der Waals surface area contributed by atoms with Crippen molar-refractivity contribution in [3.8, 4) is 61.8 Å². The highest BCUT2D eigenvalue weighted by molar-refractivity contribution is 6.09. The second kappa shape index (κ2) is 20.4. The minimum Gasteiger partial charge on any atom is -0.457 e. The van der Waals surface area contributed by atoms with Crippen LogP contribution in [0.1, 0.15) is 95.7 Å². The summed E-state index contributed by atoms with van der Waals surface area (Å²) in [5, 5.41) is 2.33. The molecule has 82 heavy (non-hydrogen) atoms. The molecule has 0 aliphatic carbocycles. The van der Waals surface area contributed by atoms with Crippen LogP contribution in [-0.4, -0.2) is 25.8 Å². The van der Waals surface area contributed by atoms with Gasteiger partial charge in [-0.1, -0.05) is 170 Å². The monoisotopic (exact) mass is 1070 g/mol. The first kappa shape index (κ1) is 51.0. The molecule has 12 aromatic rings. The maximum Gasteiger partial charge on any atom is 0.137 e. The lowest BCUT2D eigenvalue weighted by atomic mass is 9.85. The van der Waals surface area contributed by atoms with Crippen LogP contribution in [0.25, 0.3) is 83.2 Å². The summed E-state index contributed by atoms with van der Waals surface area (Å²) in [7, 11) is 0. The molecule has 404 valence electrons. The molecular weight excluding hydrogens is 1000 g/mol. The Kier molecular flexibility index (Phi) is 12.7. The van der Waals surface area contributed by atoms with Crippen molar-refractivity contribution in [2.24, 2.45) is 0 Å². The Morgan fingerprint density at radius 1 is 0.488 bits per heavy atom. The third kappa shape index (κ3) is 9.09. The molecular formula is C75H68N6O. The molecule has 0 N–H and O–H groups in total. The summed E-state index contributed by atoms with van der Waals surface area (Å²) >= 11 is 0. The molecule has 3 aromatic heterocycles. The summed E-state index contributed by atoms with van der Waals surface area (Å²) in [4.78, 5) is 15.4. The first-order valence-electron chi connectivity index (χ1n) is 29.3. The van der Waals surface area contributed by atoms with Crippen LogP contribution in [0, 0.1) is 0 Å². The van der Waals surface area contributed by atoms with Crippen LogP contribution in [0.5, 0.6) is 11.5 Å². The summed E-state index contributed by atoms with van der Waals surface area (Å²) < 4.78 is 12.1. The van der Waals surface area contributed by atoms with Crippen molar-refractivity contribution < 1.29 is 4.74 Å². The second-order valence-corrected chi connectivity index (χ2v) is 24.1. The van der Waals surface area contributed by atoms with Crippen molar-refractivity contribution in [1.82, 2.24) is 19.1 Å². The molecule has 2 aliphatic rings. The SMILES string of the molecule is CC(C)c1cccc(C(C)C)c1-c1cc(Oc2ccc3c4ccccc4n(-c4cc(C(C)(C)C)ccn4)c3c2)cc(N2CN(c3ccc(-c4ccccc4)cc3-c3cccc(-c4ccccc4)c3)c3cc4c(cc32)nc2n4CCCC2)c1. The number of fused-ring (bicyclic) bond motifs is 7. The lowest BCUT2D eigenvalue weighted by Gasteiger charge is -2.26. The molecule has 0 bridgehead atoms. The quantitative estimate of drug-likeness (QED) is 0.129. The van der Waals surface area contributed by atoms with Crippen LogP contribution in [0.4, 0.5) is 22.7 Å². The average Bonchev–Trinajstić information content (AvgIpc) is 2.69. The van der Waals surface area contributed by atoms with E-state index in [1.165, 1.54) is 66.8 Å². The highest BCUT2D eigenvalue weighted by Crippen LogP contribution is 2.52. The fourth-order valence-corrected chi connectivity index (χ4v) is 12.9. The Morgan fingerprint density at radius 3 is 1.93 bits per heavy atom. The zero-order valence-electron chi connectivity index (χ0n) is 48.0. The largest absolute Gasteiger partial charge is 0.457 e. The van der Waals surface area contributed by atoms with Crippen molar-refractivity contribution in [1.29, 1.82) is 0 Å². The van der Waals surface area contributed by atoms with Crippen LogP contribution in [-0.2, 0) is 18.4 Å². The van der Waals surface area contributed by atoms with Gasteiger partial charge in [0.05, 0.1) is 39.1 Å². The molecule has 0 unspecified atom stereocenters. The molecule has 0 amide bonds. The van der Waals surface area contributed by atoms with Gasteiger partial charge in [-0.2, -0.15) is 0 Å². The van der Waals surface area contributed by atoms with Crippen molar-refractivity contribution in [3.05, 3.63) is 235 Å². The van der Waals surface area contributed by atoms with Gasteiger partial charge in [0.25, 0.3) is 0 Å². The summed E-state index contributed by atoms with van der Waals surface area (Å²) in [5.41, 5.74) is 22.1. The third-order valence-electron chi connectivity index (χ3n) is 17.1. The predicted molar refractivity (Wildman–Crippen MR) is 342 cm³/mol. The number of rotatable bonds is 11. The smallest absolute Gasteiger partial charge is 0.137 e. The fourth-order valence-electron chi connectivity index (χ4n) is 12.9. The predicted octanol–water partition coefficient (Wildman–Crippen LogP) is 20.1. The molecule has 0 saturated carbocycles. The van der Waals surface area contributed by atoms with Gasteiger partial charge in [0, 0.05) is 53.3 Å². The van der Waals surface area contributed by atoms with Crippen LogP contribution < -0.4 is 14.5 Å². The first-order chi connectivity index (χ1) is 39.9. The summed E-state index contributed by atoms with van der Waals surface area (Å²) in [6.45, 7) is 17.5. The van der Waals surface area contributed by atoms with E-state index in [0.717, 1.165) is 98.9 Å². The summed E-state index contributed by atoms with van der Waals surface area (Å²) in [6.07, 6.45) is 5.23. The van der Waals surface area contributed by atoms with Gasteiger partial charge in [0.15, 0.2) is 0 Å². The van der Waals surface area contributed by atoms with Gasteiger partial charge in [0.1, 0.15) is 29.8 Å². The van der Waals surface area contributed by atoms with Gasteiger partial charge in [0.2, 0.25) is 0 Å². The molecule has 7 nitrogen and oxygen atoms in total. The van der Waals surface area contributed by atoms with E-state index >= 15 is 0 Å². The molecule has 0 saturated heterocycles. The molecule has 5 heterocycles. The first-order valence-corrected chi connectivity index (χ1v) is 29.3. The van der Waals surface area contributed by atoms with E-state index in [-0.39, 0.29) is 17.3 Å². The standard InChI is InChI=1S/C75H68N6O/c1-48(2)60-27-19-28-61(49(3)4)74(60)55-39-57(43-59(40-55)82-58-32-33-63-62-26-14-15-29-67(62)81(68(63)44-58)73-42-56(35-36-76-73)75(5,6)7)79-47-80(71-46-69-65(45-70(71)79)77-72-30-16-17-37-78(69)72)66-34-31-53(51-22-12-9-13-23-51)41-64(66)54-25-18-24-52(38-54)50-20-10-8-11-21-50/h8-15,18-29,31-36,38-46,48-49H,16-17,30,37,47H2,1-7H3. The van der Waals surface area contributed by atoms with Crippen molar-refractivity contribution >= 4 is 55.6 Å². The Labute approximate surface area is 481 Å². The number of aromatic nitrogens is 4. The molecule has 14 rings (SSSR count). The third-order valence-corrected chi connectivity index (χ3v) is 17.1. The van der Waals surface area contributed by atoms with E-state index in [2.05, 4.69) is 274 Å². The molecule has 0 radical (unpaired) electrons. The maximum absolute atomic E-state index is 7.33. The number of hydrogen-bond donors (Lipinski definition) is 0. The van der Waals surface area contributed by atoms with Crippen molar-refractivity contribution in [2.75, 3.05) is 16.5 Å². The number of pyridine rings is 1. The van der Waals surface area contributed by atoms with Gasteiger partial charge in [-0.25, -0.2) is 9.97 Å². The maximum atomic E-state index is 7.33. The number of hydrogen-bond acceptors (Lipinski definition) is 5. The van der Waals surface area contributed by atoms with Crippen LogP contribution in [0.3, 0.4) is 0 Å². The van der Waals surface area contributed by atoms with E-state index in [1.807, 2.05) is 6.20 Å². The van der Waals surface area contributed by atoms with Crippen LogP contribution >= 0.6 is 0 Å². The van der Waals surface area contributed by atoms with E-state index in [4.69, 9.17) is 14.7 Å². The number of anilines is 4. The molecule has 0 spiro atoms. The minimum absolute atomic E-state index is 0.0438. The Balaban J connectivity index is 0.966. The van der Waals surface area contributed by atoms with Crippen molar-refractivity contribution in [3.63, 3.8) is 0 Å². The van der Waals surface area contributed by atoms with Gasteiger partial charge in [-0.3, -0.25) is 4.57 Å². The van der Waals surface area contributed by atoms with E-state index in [1.54, 1.807) is 0 Å². The van der Waals surface area contributed by atoms with Gasteiger partial charge in [-0.05, 0) is 159 Å². The summed E-state index contributed by atoms with van der Waals surface area (Å²) in [6, 6.07) is 75.7. The molecule has 2 aliphatic heterocycles.